The van der Waals surface area contributed by atoms with Gasteiger partial charge in [-0.05, 0) is 114 Å². The van der Waals surface area contributed by atoms with Gasteiger partial charge in [0.1, 0.15) is 0 Å². The Morgan fingerprint density at radius 3 is 1.84 bits per heavy atom. The number of aromatic nitrogens is 2. The van der Waals surface area contributed by atoms with Crippen molar-refractivity contribution in [3.05, 3.63) is 210 Å². The highest BCUT2D eigenvalue weighted by atomic mass is 16.2. The van der Waals surface area contributed by atoms with Crippen molar-refractivity contribution in [1.82, 2.24) is 9.13 Å². The number of benzene rings is 7. The van der Waals surface area contributed by atoms with Gasteiger partial charge in [0.15, 0.2) is 0 Å². The van der Waals surface area contributed by atoms with E-state index in [9.17, 15) is 5.11 Å². The van der Waals surface area contributed by atoms with Crippen molar-refractivity contribution in [1.29, 1.82) is 0 Å². The van der Waals surface area contributed by atoms with E-state index in [0.29, 0.717) is 12.8 Å². The number of allylic oxidation sites excluding steroid dienone is 2. The lowest BCUT2D eigenvalue weighted by atomic mass is 9.93. The molecule has 0 aliphatic carbocycles. The molecule has 9 aromatic rings. The third-order valence-corrected chi connectivity index (χ3v) is 11.1. The predicted octanol–water partition coefficient (Wildman–Crippen LogP) is 13.1. The Labute approximate surface area is 320 Å². The highest BCUT2D eigenvalue weighted by Gasteiger charge is 2.22. The number of nitrogens with zero attached hydrogens (tertiary/aromatic N) is 3. The van der Waals surface area contributed by atoms with Gasteiger partial charge in [0.25, 0.3) is 0 Å². The van der Waals surface area contributed by atoms with Crippen LogP contribution in [0.5, 0.6) is 0 Å². The van der Waals surface area contributed by atoms with Gasteiger partial charge in [-0.2, -0.15) is 0 Å². The number of aryl methyl sites for hydroxylation is 1. The van der Waals surface area contributed by atoms with Crippen LogP contribution >= 0.6 is 0 Å². The minimum absolute atomic E-state index is 0.589. The molecule has 0 radical (unpaired) electrons. The van der Waals surface area contributed by atoms with E-state index in [1.54, 1.807) is 0 Å². The van der Waals surface area contributed by atoms with Crippen molar-refractivity contribution in [2.45, 2.75) is 19.8 Å². The van der Waals surface area contributed by atoms with Crippen molar-refractivity contribution < 1.29 is 5.11 Å². The number of aliphatic hydroxyl groups is 1. The van der Waals surface area contributed by atoms with Crippen LogP contribution in [0.25, 0.3) is 61.1 Å². The second kappa shape index (κ2) is 13.1. The van der Waals surface area contributed by atoms with E-state index in [0.717, 1.165) is 61.7 Å². The van der Waals surface area contributed by atoms with Crippen molar-refractivity contribution in [2.75, 3.05) is 4.90 Å². The summed E-state index contributed by atoms with van der Waals surface area (Å²) in [6, 6.07) is 56.3. The molecule has 1 aliphatic rings. The maximum absolute atomic E-state index is 10.8. The van der Waals surface area contributed by atoms with Gasteiger partial charge in [0.2, 0.25) is 0 Å². The maximum Gasteiger partial charge on any atom is 0.0790 e. The van der Waals surface area contributed by atoms with E-state index in [-0.39, 0.29) is 0 Å². The fraction of sp³-hybridized carbons (Fsp3) is 0.0588. The summed E-state index contributed by atoms with van der Waals surface area (Å²) >= 11 is 0. The SMILES string of the molecule is C=C1/C=C\c2c(ccc3c2c2ccccc2n3-c2cccc(C)c2)C/C(=C\O)Cc2ccccc2N1c1cccc(-n2c3ccccc3c3ccccc32)c1. The first-order valence-electron chi connectivity index (χ1n) is 18.9. The van der Waals surface area contributed by atoms with Gasteiger partial charge in [0, 0.05) is 50.0 Å². The zero-order chi connectivity index (χ0) is 37.0. The minimum atomic E-state index is 0.589. The molecule has 1 N–H and O–H groups in total. The van der Waals surface area contributed by atoms with Crippen LogP contribution < -0.4 is 4.90 Å². The number of para-hydroxylation sites is 4. The third-order valence-electron chi connectivity index (χ3n) is 11.1. The molecule has 0 saturated carbocycles. The van der Waals surface area contributed by atoms with Gasteiger partial charge in [-0.15, -0.1) is 0 Å². The van der Waals surface area contributed by atoms with Gasteiger partial charge in [-0.1, -0.05) is 110 Å². The van der Waals surface area contributed by atoms with E-state index in [1.807, 2.05) is 0 Å². The van der Waals surface area contributed by atoms with Crippen LogP contribution in [0.1, 0.15) is 22.3 Å². The number of anilines is 2. The Bertz CT molecular complexity index is 2990. The third kappa shape index (κ3) is 5.37. The number of fused-ring (bicyclic) bond motifs is 9. The maximum atomic E-state index is 10.8. The summed E-state index contributed by atoms with van der Waals surface area (Å²) < 4.78 is 4.73. The molecule has 0 fully saturated rings. The molecule has 2 aromatic heterocycles. The molecule has 10 rings (SSSR count). The monoisotopic (exact) mass is 709 g/mol. The van der Waals surface area contributed by atoms with E-state index in [4.69, 9.17) is 6.58 Å². The first kappa shape index (κ1) is 32.6. The van der Waals surface area contributed by atoms with Gasteiger partial charge >= 0.3 is 0 Å². The van der Waals surface area contributed by atoms with E-state index in [2.05, 4.69) is 191 Å². The molecular weight excluding hydrogens is 671 g/mol. The van der Waals surface area contributed by atoms with Crippen LogP contribution in [0.4, 0.5) is 11.4 Å². The van der Waals surface area contributed by atoms with Gasteiger partial charge in [-0.25, -0.2) is 0 Å². The zero-order valence-corrected chi connectivity index (χ0v) is 30.7. The number of aliphatic hydroxyl groups excluding tert-OH is 1. The summed E-state index contributed by atoms with van der Waals surface area (Å²) in [6.07, 6.45) is 6.91. The zero-order valence-electron chi connectivity index (χ0n) is 30.7. The molecule has 0 spiro atoms. The molecule has 0 atom stereocenters. The van der Waals surface area contributed by atoms with Crippen LogP contribution in [0.3, 0.4) is 0 Å². The summed E-state index contributed by atoms with van der Waals surface area (Å²) in [5, 5.41) is 15.6. The lowest BCUT2D eigenvalue weighted by Gasteiger charge is -2.28. The van der Waals surface area contributed by atoms with Crippen LogP contribution in [-0.4, -0.2) is 14.2 Å². The Hall–Kier alpha value is -7.04. The molecular formula is C51H39N3O. The fourth-order valence-corrected chi connectivity index (χ4v) is 8.73. The van der Waals surface area contributed by atoms with Gasteiger partial charge in [0.05, 0.1) is 28.3 Å². The number of rotatable bonds is 3. The number of hydrogen-bond acceptors (Lipinski definition) is 2. The highest BCUT2D eigenvalue weighted by molar-refractivity contribution is 6.13. The second-order valence-electron chi connectivity index (χ2n) is 14.5. The normalized spacial score (nSPS) is 14.7. The fourth-order valence-electron chi connectivity index (χ4n) is 8.73. The van der Waals surface area contributed by atoms with Crippen LogP contribution in [0.15, 0.2) is 188 Å². The molecule has 4 nitrogen and oxygen atoms in total. The summed E-state index contributed by atoms with van der Waals surface area (Å²) in [5.41, 5.74) is 15.3. The lowest BCUT2D eigenvalue weighted by molar-refractivity contribution is 0.464. The Balaban J connectivity index is 1.19. The molecule has 1 aliphatic heterocycles. The second-order valence-corrected chi connectivity index (χ2v) is 14.5. The molecule has 4 heteroatoms. The molecule has 55 heavy (non-hydrogen) atoms. The Kier molecular flexibility index (Phi) is 7.77. The molecule has 3 heterocycles. The summed E-state index contributed by atoms with van der Waals surface area (Å²) in [6.45, 7) is 6.89. The molecule has 7 aromatic carbocycles. The topological polar surface area (TPSA) is 33.3 Å². The predicted molar refractivity (Wildman–Crippen MR) is 231 cm³/mol. The Morgan fingerprint density at radius 1 is 0.527 bits per heavy atom. The standard InChI is InChI=1S/C51H39N3O/c1-34-13-11-15-39(29-34)54-49-24-10-6-20-45(49)51-42-27-25-35(2)52(46-21-7-3-14-38(46)31-36(33-55)30-37(42)26-28-50(51)54)40-16-12-17-41(32-40)53-47-22-8-4-18-43(47)44-19-5-9-23-48(44)53/h3-29,32-33,55H,2,30-31H2,1H3/b27-25-,36-33+. The highest BCUT2D eigenvalue weighted by Crippen LogP contribution is 2.41. The van der Waals surface area contributed by atoms with Crippen LogP contribution in [0.2, 0.25) is 0 Å². The van der Waals surface area contributed by atoms with Gasteiger partial charge < -0.3 is 19.1 Å². The smallest absolute Gasteiger partial charge is 0.0790 e. The largest absolute Gasteiger partial charge is 0.516 e. The van der Waals surface area contributed by atoms with E-state index < -0.39 is 0 Å². The molecule has 0 bridgehead atoms. The minimum Gasteiger partial charge on any atom is -0.516 e. The lowest BCUT2D eigenvalue weighted by Crippen LogP contribution is -2.16. The van der Waals surface area contributed by atoms with Crippen LogP contribution in [-0.2, 0) is 12.8 Å². The van der Waals surface area contributed by atoms with E-state index >= 15 is 0 Å². The van der Waals surface area contributed by atoms with Crippen LogP contribution in [0, 0.1) is 6.92 Å². The first-order chi connectivity index (χ1) is 27.1. The molecule has 0 saturated heterocycles. The molecule has 0 unspecified atom stereocenters. The number of hydrogen-bond donors (Lipinski definition) is 1. The first-order valence-corrected chi connectivity index (χ1v) is 18.9. The average molecular weight is 710 g/mol. The summed E-state index contributed by atoms with van der Waals surface area (Å²) in [5.74, 6) is 0. The van der Waals surface area contributed by atoms with Crippen molar-refractivity contribution in [3.8, 4) is 11.4 Å². The van der Waals surface area contributed by atoms with Crippen molar-refractivity contribution >= 4 is 61.1 Å². The Morgan fingerprint density at radius 2 is 1.11 bits per heavy atom. The van der Waals surface area contributed by atoms with Crippen molar-refractivity contribution in [2.24, 2.45) is 0 Å². The van der Waals surface area contributed by atoms with Crippen molar-refractivity contribution in [3.63, 3.8) is 0 Å². The summed E-state index contributed by atoms with van der Waals surface area (Å²) in [4.78, 5) is 2.26. The quantitative estimate of drug-likeness (QED) is 0.185. The van der Waals surface area contributed by atoms with E-state index in [1.165, 1.54) is 44.4 Å². The molecule has 264 valence electrons. The molecule has 0 amide bonds. The summed E-state index contributed by atoms with van der Waals surface area (Å²) in [7, 11) is 0. The van der Waals surface area contributed by atoms with Gasteiger partial charge in [-0.3, -0.25) is 0 Å². The average Bonchev–Trinajstić information content (AvgIpc) is 3.73.